The Morgan fingerprint density at radius 2 is 1.97 bits per heavy atom. The van der Waals surface area contributed by atoms with Crippen molar-refractivity contribution < 1.29 is 14.3 Å². The number of carbonyl (C=O) groups is 1. The lowest BCUT2D eigenvalue weighted by atomic mass is 10.1. The van der Waals surface area contributed by atoms with Crippen LogP contribution >= 0.6 is 11.6 Å². The molecule has 1 aliphatic rings. The highest BCUT2D eigenvalue weighted by molar-refractivity contribution is 6.33. The Labute approximate surface area is 172 Å². The molecule has 0 aliphatic heterocycles. The van der Waals surface area contributed by atoms with Gasteiger partial charge in [-0.2, -0.15) is 0 Å². The number of pyridine rings is 2. The van der Waals surface area contributed by atoms with Crippen LogP contribution in [0.3, 0.4) is 0 Å². The predicted octanol–water partition coefficient (Wildman–Crippen LogP) is 3.74. The summed E-state index contributed by atoms with van der Waals surface area (Å²) in [5.74, 6) is 0.595. The maximum Gasteiger partial charge on any atom is 0.326 e. The van der Waals surface area contributed by atoms with Crippen molar-refractivity contribution in [3.63, 3.8) is 0 Å². The van der Waals surface area contributed by atoms with Gasteiger partial charge in [0.2, 0.25) is 0 Å². The number of benzene rings is 1. The summed E-state index contributed by atoms with van der Waals surface area (Å²) in [6.07, 6.45) is 2.19. The molecule has 7 nitrogen and oxygen atoms in total. The van der Waals surface area contributed by atoms with Crippen LogP contribution in [-0.2, 0) is 16.1 Å². The topological polar surface area (TPSA) is 82.5 Å². The Bertz CT molecular complexity index is 1150. The van der Waals surface area contributed by atoms with Gasteiger partial charge in [-0.1, -0.05) is 11.6 Å². The van der Waals surface area contributed by atoms with Crippen molar-refractivity contribution in [3.8, 4) is 5.75 Å². The van der Waals surface area contributed by atoms with E-state index in [2.05, 4.69) is 10.3 Å². The molecule has 1 fully saturated rings. The molecule has 0 radical (unpaired) electrons. The van der Waals surface area contributed by atoms with Crippen LogP contribution in [0, 0.1) is 0 Å². The summed E-state index contributed by atoms with van der Waals surface area (Å²) < 4.78 is 12.6. The number of rotatable bonds is 7. The minimum Gasteiger partial charge on any atom is -0.490 e. The fraction of sp³-hybridized carbons (Fsp3) is 0.381. The smallest absolute Gasteiger partial charge is 0.326 e. The Kier molecular flexibility index (Phi) is 5.32. The fourth-order valence-corrected chi connectivity index (χ4v) is 3.58. The molecule has 1 aromatic carbocycles. The molecular weight excluding hydrogens is 394 g/mol. The zero-order chi connectivity index (χ0) is 20.5. The van der Waals surface area contributed by atoms with Crippen molar-refractivity contribution in [3.05, 3.63) is 39.5 Å². The molecule has 3 aromatic rings. The van der Waals surface area contributed by atoms with E-state index in [0.717, 1.165) is 12.8 Å². The molecule has 2 heterocycles. The third-order valence-electron chi connectivity index (χ3n) is 4.78. The zero-order valence-electron chi connectivity index (χ0n) is 16.3. The van der Waals surface area contributed by atoms with E-state index in [0.29, 0.717) is 51.2 Å². The van der Waals surface area contributed by atoms with E-state index < -0.39 is 5.97 Å². The second kappa shape index (κ2) is 7.91. The summed E-state index contributed by atoms with van der Waals surface area (Å²) in [4.78, 5) is 30.2. The first-order chi connectivity index (χ1) is 14.0. The third-order valence-corrected chi connectivity index (χ3v) is 5.08. The lowest BCUT2D eigenvalue weighted by Gasteiger charge is -2.18. The first kappa shape index (κ1) is 19.5. The van der Waals surface area contributed by atoms with Gasteiger partial charge in [-0.25, -0.2) is 4.98 Å². The first-order valence-electron chi connectivity index (χ1n) is 9.74. The summed E-state index contributed by atoms with van der Waals surface area (Å²) in [5.41, 5.74) is 0.656. The molecule has 2 aromatic heterocycles. The molecule has 0 saturated heterocycles. The number of ether oxygens (including phenoxy) is 2. The predicted molar refractivity (Wildman–Crippen MR) is 113 cm³/mol. The molecule has 0 unspecified atom stereocenters. The number of nitrogens with one attached hydrogen (secondary N) is 1. The van der Waals surface area contributed by atoms with E-state index >= 15 is 0 Å². The summed E-state index contributed by atoms with van der Waals surface area (Å²) in [5, 5.41) is 4.54. The highest BCUT2D eigenvalue weighted by atomic mass is 35.5. The number of esters is 1. The van der Waals surface area contributed by atoms with Crippen LogP contribution in [0.15, 0.2) is 29.1 Å². The third kappa shape index (κ3) is 3.74. The maximum atomic E-state index is 13.2. The number of aromatic nitrogens is 2. The second-order valence-electron chi connectivity index (χ2n) is 6.91. The van der Waals surface area contributed by atoms with E-state index in [1.165, 1.54) is 0 Å². The number of hydrogen-bond acceptors (Lipinski definition) is 6. The number of hydrogen-bond donors (Lipinski definition) is 1. The summed E-state index contributed by atoms with van der Waals surface area (Å²) in [6.45, 7) is 4.09. The Hall–Kier alpha value is -2.80. The van der Waals surface area contributed by atoms with Crippen molar-refractivity contribution in [1.29, 1.82) is 0 Å². The number of anilines is 1. The van der Waals surface area contributed by atoms with Crippen LogP contribution in [0.5, 0.6) is 5.75 Å². The van der Waals surface area contributed by atoms with Gasteiger partial charge in [-0.15, -0.1) is 0 Å². The number of halogens is 1. The molecule has 0 spiro atoms. The SMILES string of the molecule is CCOC(=O)Cn1c2nc(NC3CC3)ccc2c(=O)c2ccc(Cl)c(OCC)c21. The van der Waals surface area contributed by atoms with Gasteiger partial charge < -0.3 is 19.4 Å². The number of carbonyl (C=O) groups excluding carboxylic acids is 1. The Morgan fingerprint density at radius 1 is 1.21 bits per heavy atom. The largest absolute Gasteiger partial charge is 0.490 e. The minimum atomic E-state index is -0.427. The van der Waals surface area contributed by atoms with Crippen LogP contribution < -0.4 is 15.5 Å². The van der Waals surface area contributed by atoms with E-state index in [4.69, 9.17) is 21.1 Å². The maximum absolute atomic E-state index is 13.2. The molecule has 29 heavy (non-hydrogen) atoms. The monoisotopic (exact) mass is 415 g/mol. The minimum absolute atomic E-state index is 0.110. The van der Waals surface area contributed by atoms with Gasteiger partial charge in [0.25, 0.3) is 0 Å². The summed E-state index contributed by atoms with van der Waals surface area (Å²) in [6, 6.07) is 7.22. The van der Waals surface area contributed by atoms with Crippen molar-refractivity contribution in [2.45, 2.75) is 39.3 Å². The highest BCUT2D eigenvalue weighted by Gasteiger charge is 2.23. The normalized spacial score (nSPS) is 13.6. The zero-order valence-corrected chi connectivity index (χ0v) is 17.1. The van der Waals surface area contributed by atoms with Crippen molar-refractivity contribution >= 4 is 45.3 Å². The lowest BCUT2D eigenvalue weighted by Crippen LogP contribution is -2.20. The van der Waals surface area contributed by atoms with Crippen molar-refractivity contribution in [2.24, 2.45) is 0 Å². The molecule has 1 saturated carbocycles. The lowest BCUT2D eigenvalue weighted by molar-refractivity contribution is -0.143. The standard InChI is InChI=1S/C21H22ClN3O4/c1-3-28-17(26)11-25-18-13(7-9-15(22)20(18)29-4-2)19(27)14-8-10-16(24-21(14)25)23-12-5-6-12/h7-10,12H,3-6,11H2,1-2H3,(H,23,24). The van der Waals surface area contributed by atoms with E-state index in [9.17, 15) is 9.59 Å². The summed E-state index contributed by atoms with van der Waals surface area (Å²) >= 11 is 6.37. The van der Waals surface area contributed by atoms with E-state index in [1.807, 2.05) is 6.92 Å². The van der Waals surface area contributed by atoms with Gasteiger partial charge in [0, 0.05) is 6.04 Å². The quantitative estimate of drug-likeness (QED) is 0.467. The molecule has 1 aliphatic carbocycles. The van der Waals surface area contributed by atoms with Crippen LogP contribution in [0.25, 0.3) is 21.9 Å². The second-order valence-corrected chi connectivity index (χ2v) is 7.32. The van der Waals surface area contributed by atoms with E-state index in [1.54, 1.807) is 35.8 Å². The van der Waals surface area contributed by atoms with Gasteiger partial charge >= 0.3 is 5.97 Å². The van der Waals surface area contributed by atoms with Gasteiger partial charge in [-0.3, -0.25) is 9.59 Å². The van der Waals surface area contributed by atoms with E-state index in [-0.39, 0.29) is 18.6 Å². The van der Waals surface area contributed by atoms with Gasteiger partial charge in [0.15, 0.2) is 11.2 Å². The molecule has 8 heteroatoms. The van der Waals surface area contributed by atoms with Crippen LogP contribution in [0.4, 0.5) is 5.82 Å². The van der Waals surface area contributed by atoms with Crippen LogP contribution in [0.1, 0.15) is 26.7 Å². The Morgan fingerprint density at radius 3 is 2.66 bits per heavy atom. The Balaban J connectivity index is 2.04. The van der Waals surface area contributed by atoms with Crippen molar-refractivity contribution in [2.75, 3.05) is 18.5 Å². The molecular formula is C21H22ClN3O4. The first-order valence-corrected chi connectivity index (χ1v) is 10.1. The molecule has 152 valence electrons. The molecule has 0 atom stereocenters. The fourth-order valence-electron chi connectivity index (χ4n) is 3.37. The van der Waals surface area contributed by atoms with Crippen LogP contribution in [-0.4, -0.2) is 34.8 Å². The van der Waals surface area contributed by atoms with Gasteiger partial charge in [0.05, 0.1) is 34.5 Å². The highest BCUT2D eigenvalue weighted by Crippen LogP contribution is 2.34. The van der Waals surface area contributed by atoms with Gasteiger partial charge in [0.1, 0.15) is 18.0 Å². The summed E-state index contributed by atoms with van der Waals surface area (Å²) in [7, 11) is 0. The number of nitrogens with zero attached hydrogens (tertiary/aromatic N) is 2. The average Bonchev–Trinajstić information content (AvgIpc) is 3.51. The molecule has 1 N–H and O–H groups in total. The van der Waals surface area contributed by atoms with Crippen LogP contribution in [0.2, 0.25) is 5.02 Å². The molecule has 4 rings (SSSR count). The van der Waals surface area contributed by atoms with Gasteiger partial charge in [-0.05, 0) is 51.0 Å². The molecule has 0 bridgehead atoms. The number of fused-ring (bicyclic) bond motifs is 2. The van der Waals surface area contributed by atoms with Crippen molar-refractivity contribution in [1.82, 2.24) is 9.55 Å². The average molecular weight is 416 g/mol. The molecule has 0 amide bonds.